The Morgan fingerprint density at radius 3 is 2.41 bits per heavy atom. The van der Waals surface area contributed by atoms with E-state index >= 15 is 0 Å². The highest BCUT2D eigenvalue weighted by Crippen LogP contribution is 2.22. The number of carbonyl (C=O) groups excluding carboxylic acids is 1. The number of aromatic nitrogens is 2. The van der Waals surface area contributed by atoms with E-state index in [2.05, 4.69) is 4.74 Å². The van der Waals surface area contributed by atoms with Crippen LogP contribution in [0.5, 0.6) is 0 Å². The minimum atomic E-state index is -0.204. The van der Waals surface area contributed by atoms with Crippen LogP contribution in [0.1, 0.15) is 23.2 Å². The van der Waals surface area contributed by atoms with Crippen LogP contribution in [0.4, 0.5) is 0 Å². The number of carbonyl (C=O) groups is 1. The minimum absolute atomic E-state index is 0.0479. The molecule has 0 aliphatic heterocycles. The molecule has 0 spiro atoms. The molecule has 138 valence electrons. The van der Waals surface area contributed by atoms with Gasteiger partial charge in [0.25, 0.3) is 0 Å². The predicted octanol–water partition coefficient (Wildman–Crippen LogP) is 3.24. The van der Waals surface area contributed by atoms with Crippen LogP contribution < -0.4 is 5.73 Å². The van der Waals surface area contributed by atoms with Crippen LogP contribution in [-0.4, -0.2) is 28.7 Å². The number of methoxy groups -OCH3 is 1. The van der Waals surface area contributed by atoms with E-state index in [0.29, 0.717) is 18.4 Å². The van der Waals surface area contributed by atoms with Crippen LogP contribution in [0.25, 0.3) is 16.9 Å². The second-order valence-corrected chi connectivity index (χ2v) is 6.32. The zero-order valence-corrected chi connectivity index (χ0v) is 15.4. The molecule has 0 radical (unpaired) electrons. The number of ether oxygens (including phenoxy) is 1. The smallest absolute Gasteiger partial charge is 0.305 e. The van der Waals surface area contributed by atoms with Gasteiger partial charge in [0.05, 0.1) is 18.5 Å². The van der Waals surface area contributed by atoms with E-state index in [-0.39, 0.29) is 11.8 Å². The van der Waals surface area contributed by atoms with Gasteiger partial charge in [-0.25, -0.2) is 4.68 Å². The number of esters is 1. The molecule has 3 rings (SSSR count). The fourth-order valence-corrected chi connectivity index (χ4v) is 2.85. The SMILES string of the molecule is COC(=O)CCc1ccc(-c2cc(C)n(-c3ccc(C(=N)N)cc3)n2)cc1. The van der Waals surface area contributed by atoms with Gasteiger partial charge < -0.3 is 10.5 Å². The lowest BCUT2D eigenvalue weighted by Gasteiger charge is -2.05. The van der Waals surface area contributed by atoms with Crippen molar-refractivity contribution in [3.8, 4) is 16.9 Å². The van der Waals surface area contributed by atoms with Gasteiger partial charge >= 0.3 is 5.97 Å². The number of rotatable bonds is 6. The molecule has 0 saturated carbocycles. The van der Waals surface area contributed by atoms with E-state index in [4.69, 9.17) is 16.2 Å². The third-order valence-corrected chi connectivity index (χ3v) is 4.41. The Balaban J connectivity index is 1.79. The average molecular weight is 362 g/mol. The first-order valence-corrected chi connectivity index (χ1v) is 8.65. The van der Waals surface area contributed by atoms with Gasteiger partial charge in [-0.3, -0.25) is 10.2 Å². The normalized spacial score (nSPS) is 10.6. The molecule has 0 saturated heterocycles. The van der Waals surface area contributed by atoms with Gasteiger partial charge in [-0.1, -0.05) is 24.3 Å². The van der Waals surface area contributed by atoms with E-state index in [0.717, 1.165) is 28.2 Å². The largest absolute Gasteiger partial charge is 0.469 e. The van der Waals surface area contributed by atoms with Crippen LogP contribution >= 0.6 is 0 Å². The van der Waals surface area contributed by atoms with Gasteiger partial charge in [0.15, 0.2) is 0 Å². The molecular formula is C21H22N4O2. The molecule has 0 unspecified atom stereocenters. The number of benzene rings is 2. The summed E-state index contributed by atoms with van der Waals surface area (Å²) in [4.78, 5) is 11.3. The lowest BCUT2D eigenvalue weighted by molar-refractivity contribution is -0.140. The zero-order valence-electron chi connectivity index (χ0n) is 15.4. The summed E-state index contributed by atoms with van der Waals surface area (Å²) in [6.07, 6.45) is 1.03. The highest BCUT2D eigenvalue weighted by atomic mass is 16.5. The molecule has 1 heterocycles. The van der Waals surface area contributed by atoms with E-state index in [1.807, 2.05) is 66.2 Å². The standard InChI is InChI=1S/C21H22N4O2/c1-14-13-19(16-6-3-15(4-7-16)5-12-20(26)27-2)24-25(14)18-10-8-17(9-11-18)21(22)23/h3-4,6-11,13H,5,12H2,1-2H3,(H3,22,23). The Morgan fingerprint density at radius 2 is 1.81 bits per heavy atom. The van der Waals surface area contributed by atoms with Crippen LogP contribution in [-0.2, 0) is 16.0 Å². The first kappa shape index (κ1) is 18.4. The van der Waals surface area contributed by atoms with E-state index in [9.17, 15) is 4.79 Å². The summed E-state index contributed by atoms with van der Waals surface area (Å²) in [7, 11) is 1.40. The van der Waals surface area contributed by atoms with Crippen molar-refractivity contribution < 1.29 is 9.53 Å². The van der Waals surface area contributed by atoms with Crippen LogP contribution in [0.3, 0.4) is 0 Å². The maximum atomic E-state index is 11.3. The lowest BCUT2D eigenvalue weighted by atomic mass is 10.1. The molecule has 1 aromatic heterocycles. The molecule has 0 atom stereocenters. The Bertz CT molecular complexity index is 957. The van der Waals surface area contributed by atoms with Gasteiger partial charge in [-0.15, -0.1) is 0 Å². The predicted molar refractivity (Wildman–Crippen MR) is 105 cm³/mol. The van der Waals surface area contributed by atoms with E-state index in [1.165, 1.54) is 7.11 Å². The van der Waals surface area contributed by atoms with Crippen molar-refractivity contribution >= 4 is 11.8 Å². The van der Waals surface area contributed by atoms with Crippen molar-refractivity contribution in [2.75, 3.05) is 7.11 Å². The Kier molecular flexibility index (Phi) is 5.35. The molecule has 27 heavy (non-hydrogen) atoms. The van der Waals surface area contributed by atoms with Crippen molar-refractivity contribution in [1.29, 1.82) is 5.41 Å². The van der Waals surface area contributed by atoms with Crippen molar-refractivity contribution in [2.45, 2.75) is 19.8 Å². The molecule has 3 N–H and O–H groups in total. The van der Waals surface area contributed by atoms with E-state index in [1.54, 1.807) is 0 Å². The van der Waals surface area contributed by atoms with Crippen molar-refractivity contribution in [3.63, 3.8) is 0 Å². The first-order valence-electron chi connectivity index (χ1n) is 8.65. The maximum absolute atomic E-state index is 11.3. The Hall–Kier alpha value is -3.41. The topological polar surface area (TPSA) is 94.0 Å². The summed E-state index contributed by atoms with van der Waals surface area (Å²) in [5, 5.41) is 12.2. The van der Waals surface area contributed by atoms with Gasteiger partial charge in [-0.05, 0) is 49.2 Å². The number of aryl methyl sites for hydroxylation is 2. The molecule has 0 fully saturated rings. The summed E-state index contributed by atoms with van der Waals surface area (Å²) in [6.45, 7) is 2.00. The van der Waals surface area contributed by atoms with Crippen molar-refractivity contribution in [1.82, 2.24) is 9.78 Å². The molecule has 3 aromatic rings. The molecule has 0 amide bonds. The van der Waals surface area contributed by atoms with Gasteiger partial charge in [0.2, 0.25) is 0 Å². The molecular weight excluding hydrogens is 340 g/mol. The summed E-state index contributed by atoms with van der Waals surface area (Å²) in [5.74, 6) is -0.157. The van der Waals surface area contributed by atoms with Crippen LogP contribution in [0.15, 0.2) is 54.6 Å². The number of hydrogen-bond donors (Lipinski definition) is 2. The molecule has 2 aromatic carbocycles. The fourth-order valence-electron chi connectivity index (χ4n) is 2.85. The Labute approximate surface area is 158 Å². The highest BCUT2D eigenvalue weighted by molar-refractivity contribution is 5.95. The highest BCUT2D eigenvalue weighted by Gasteiger charge is 2.09. The lowest BCUT2D eigenvalue weighted by Crippen LogP contribution is -2.11. The maximum Gasteiger partial charge on any atom is 0.305 e. The van der Waals surface area contributed by atoms with Crippen molar-refractivity contribution in [3.05, 3.63) is 71.4 Å². The first-order chi connectivity index (χ1) is 13.0. The summed E-state index contributed by atoms with van der Waals surface area (Å²) >= 11 is 0. The van der Waals surface area contributed by atoms with Crippen LogP contribution in [0.2, 0.25) is 0 Å². The van der Waals surface area contributed by atoms with Crippen molar-refractivity contribution in [2.24, 2.45) is 5.73 Å². The molecule has 0 aliphatic rings. The summed E-state index contributed by atoms with van der Waals surface area (Å²) in [5.41, 5.74) is 11.1. The molecule has 6 nitrogen and oxygen atoms in total. The third-order valence-electron chi connectivity index (χ3n) is 4.41. The zero-order chi connectivity index (χ0) is 19.4. The second-order valence-electron chi connectivity index (χ2n) is 6.32. The van der Waals surface area contributed by atoms with Gasteiger partial charge in [0, 0.05) is 23.2 Å². The summed E-state index contributed by atoms with van der Waals surface area (Å²) in [6, 6.07) is 17.5. The summed E-state index contributed by atoms with van der Waals surface area (Å²) < 4.78 is 6.54. The monoisotopic (exact) mass is 362 g/mol. The minimum Gasteiger partial charge on any atom is -0.469 e. The molecule has 0 aliphatic carbocycles. The second kappa shape index (κ2) is 7.86. The number of nitrogen functional groups attached to an aromatic ring is 1. The number of nitrogens with one attached hydrogen (secondary N) is 1. The van der Waals surface area contributed by atoms with Gasteiger partial charge in [0.1, 0.15) is 5.84 Å². The third kappa shape index (κ3) is 4.23. The molecule has 0 bridgehead atoms. The fraction of sp³-hybridized carbons (Fsp3) is 0.190. The van der Waals surface area contributed by atoms with E-state index < -0.39 is 0 Å². The quantitative estimate of drug-likeness (QED) is 0.400. The van der Waals surface area contributed by atoms with Crippen LogP contribution in [0, 0.1) is 12.3 Å². The van der Waals surface area contributed by atoms with Gasteiger partial charge in [-0.2, -0.15) is 5.10 Å². The number of nitrogens with two attached hydrogens (primary N) is 1. The Morgan fingerprint density at radius 1 is 1.15 bits per heavy atom. The molecule has 6 heteroatoms. The number of amidine groups is 1. The number of nitrogens with zero attached hydrogens (tertiary/aromatic N) is 2. The average Bonchev–Trinajstić information content (AvgIpc) is 3.08. The number of hydrogen-bond acceptors (Lipinski definition) is 4.